The van der Waals surface area contributed by atoms with Gasteiger partial charge in [0.1, 0.15) is 5.65 Å². The lowest BCUT2D eigenvalue weighted by Crippen LogP contribution is -2.26. The van der Waals surface area contributed by atoms with Gasteiger partial charge in [0, 0.05) is 16.5 Å². The van der Waals surface area contributed by atoms with Crippen LogP contribution >= 0.6 is 0 Å². The molecule has 0 spiro atoms. The third-order valence-electron chi connectivity index (χ3n) is 11.3. The molecule has 2 aromatic carbocycles. The zero-order chi connectivity index (χ0) is 29.8. The molecule has 2 saturated carbocycles. The van der Waals surface area contributed by atoms with Crippen LogP contribution in [0.15, 0.2) is 55.2 Å². The second-order valence-corrected chi connectivity index (χ2v) is 15.7. The van der Waals surface area contributed by atoms with E-state index in [1.54, 1.807) is 11.1 Å². The summed E-state index contributed by atoms with van der Waals surface area (Å²) in [5, 5.41) is 1.29. The fraction of sp³-hybridized carbons (Fsp3) is 0.525. The molecule has 222 valence electrons. The molecule has 4 aromatic rings. The zero-order valence-electron chi connectivity index (χ0n) is 27.3. The van der Waals surface area contributed by atoms with Crippen molar-refractivity contribution in [2.45, 2.75) is 112 Å². The van der Waals surface area contributed by atoms with Gasteiger partial charge in [0.15, 0.2) is 0 Å². The predicted molar refractivity (Wildman–Crippen MR) is 181 cm³/mol. The molecule has 2 aliphatic rings. The summed E-state index contributed by atoms with van der Waals surface area (Å²) in [5.74, 6) is 2.83. The van der Waals surface area contributed by atoms with Crippen LogP contribution in [0.3, 0.4) is 0 Å². The number of aromatic nitrogens is 2. The van der Waals surface area contributed by atoms with Crippen molar-refractivity contribution >= 4 is 22.6 Å². The highest BCUT2D eigenvalue weighted by atomic mass is 15.0. The summed E-state index contributed by atoms with van der Waals surface area (Å²) in [6.45, 7) is 21.0. The van der Waals surface area contributed by atoms with Crippen molar-refractivity contribution in [2.75, 3.05) is 0 Å². The normalized spacial score (nSPS) is 23.9. The molecule has 2 heteroatoms. The van der Waals surface area contributed by atoms with Gasteiger partial charge in [0.2, 0.25) is 0 Å². The van der Waals surface area contributed by atoms with Crippen molar-refractivity contribution < 1.29 is 0 Å². The van der Waals surface area contributed by atoms with Crippen molar-refractivity contribution in [3.05, 3.63) is 77.5 Å². The average Bonchev–Trinajstić information content (AvgIpc) is 3.41. The minimum Gasteiger partial charge on any atom is -0.292 e. The molecule has 0 bridgehead atoms. The number of hydrogen-bond donors (Lipinski definition) is 0. The van der Waals surface area contributed by atoms with Gasteiger partial charge in [-0.3, -0.25) is 4.40 Å². The third kappa shape index (κ3) is 5.14. The Balaban J connectivity index is 1.53. The van der Waals surface area contributed by atoms with Crippen molar-refractivity contribution in [3.63, 3.8) is 0 Å². The van der Waals surface area contributed by atoms with Crippen LogP contribution in [0.2, 0.25) is 0 Å². The molecule has 6 rings (SSSR count). The van der Waals surface area contributed by atoms with Gasteiger partial charge in [-0.05, 0) is 116 Å². The van der Waals surface area contributed by atoms with Crippen LogP contribution < -0.4 is 0 Å². The number of nitrogens with zero attached hydrogens (tertiary/aromatic N) is 2. The van der Waals surface area contributed by atoms with E-state index in [4.69, 9.17) is 4.98 Å². The molecule has 2 fully saturated rings. The number of fused-ring (bicyclic) bond motifs is 3. The summed E-state index contributed by atoms with van der Waals surface area (Å²) in [7, 11) is 0. The lowest BCUT2D eigenvalue weighted by Gasteiger charge is -2.39. The van der Waals surface area contributed by atoms with Crippen molar-refractivity contribution in [3.8, 4) is 11.3 Å². The monoisotopic (exact) mass is 560 g/mol. The van der Waals surface area contributed by atoms with E-state index in [1.165, 1.54) is 79.1 Å². The topological polar surface area (TPSA) is 17.3 Å². The summed E-state index contributed by atoms with van der Waals surface area (Å²) in [6, 6.07) is 16.2. The summed E-state index contributed by atoms with van der Waals surface area (Å²) in [5.41, 5.74) is 11.3. The summed E-state index contributed by atoms with van der Waals surface area (Å²) in [4.78, 5) is 5.13. The van der Waals surface area contributed by atoms with Gasteiger partial charge in [-0.2, -0.15) is 0 Å². The molecular formula is C40H52N2. The van der Waals surface area contributed by atoms with Crippen molar-refractivity contribution in [2.24, 2.45) is 22.7 Å². The van der Waals surface area contributed by atoms with Crippen LogP contribution in [0.25, 0.3) is 33.9 Å². The Bertz CT molecular complexity index is 1540. The molecule has 0 saturated heterocycles. The standard InChI is InChI=1S/C40H52N2/c1-9-31-26(2)32-13-10-11-16-35(32)42-36(25-41-38(31)42)37-33(27-17-21-29(22-18-27)39(3,4)5)14-12-15-34(37)28-19-23-30(24-20-28)40(6,7)8/h9-16,25,27-30H,1,17-24H2,2-8H3. The van der Waals surface area contributed by atoms with E-state index in [9.17, 15) is 0 Å². The average molecular weight is 561 g/mol. The van der Waals surface area contributed by atoms with E-state index < -0.39 is 0 Å². The molecule has 0 aliphatic heterocycles. The molecule has 2 nitrogen and oxygen atoms in total. The quantitative estimate of drug-likeness (QED) is 0.243. The highest BCUT2D eigenvalue weighted by Gasteiger charge is 2.35. The number of hydrogen-bond acceptors (Lipinski definition) is 1. The lowest BCUT2D eigenvalue weighted by molar-refractivity contribution is 0.168. The molecule has 42 heavy (non-hydrogen) atoms. The van der Waals surface area contributed by atoms with Crippen LogP contribution in [0.1, 0.15) is 127 Å². The Labute approximate surface area is 254 Å². The van der Waals surface area contributed by atoms with E-state index in [0.29, 0.717) is 22.7 Å². The Morgan fingerprint density at radius 2 is 1.26 bits per heavy atom. The Hall–Kier alpha value is -2.87. The van der Waals surface area contributed by atoms with E-state index in [0.717, 1.165) is 23.0 Å². The van der Waals surface area contributed by atoms with Gasteiger partial charge >= 0.3 is 0 Å². The van der Waals surface area contributed by atoms with Gasteiger partial charge in [-0.25, -0.2) is 4.98 Å². The maximum atomic E-state index is 5.13. The first kappa shape index (κ1) is 29.2. The minimum absolute atomic E-state index is 0.390. The number of pyridine rings is 1. The van der Waals surface area contributed by atoms with Crippen molar-refractivity contribution in [1.82, 2.24) is 9.38 Å². The maximum absolute atomic E-state index is 5.13. The lowest BCUT2D eigenvalue weighted by atomic mass is 9.66. The molecule has 0 N–H and O–H groups in total. The molecule has 2 aliphatic carbocycles. The predicted octanol–water partition coefficient (Wildman–Crippen LogP) is 11.7. The fourth-order valence-electron chi connectivity index (χ4n) is 8.61. The zero-order valence-corrected chi connectivity index (χ0v) is 27.3. The number of rotatable bonds is 4. The molecule has 0 atom stereocenters. The highest BCUT2D eigenvalue weighted by molar-refractivity contribution is 5.93. The van der Waals surface area contributed by atoms with Crippen LogP contribution in [0, 0.1) is 29.6 Å². The number of para-hydroxylation sites is 1. The summed E-state index contributed by atoms with van der Waals surface area (Å²) < 4.78 is 2.46. The molecule has 2 aromatic heterocycles. The second-order valence-electron chi connectivity index (χ2n) is 15.7. The van der Waals surface area contributed by atoms with Gasteiger partial charge in [-0.1, -0.05) is 90.6 Å². The fourth-order valence-corrected chi connectivity index (χ4v) is 8.61. The molecule has 0 radical (unpaired) electrons. The number of aryl methyl sites for hydroxylation is 1. The molecule has 2 heterocycles. The first-order valence-electron chi connectivity index (χ1n) is 16.6. The Kier molecular flexibility index (Phi) is 7.65. The number of benzene rings is 2. The summed E-state index contributed by atoms with van der Waals surface area (Å²) in [6.07, 6.45) is 14.6. The van der Waals surface area contributed by atoms with Crippen molar-refractivity contribution in [1.29, 1.82) is 0 Å². The van der Waals surface area contributed by atoms with E-state index in [1.807, 2.05) is 6.08 Å². The first-order valence-corrected chi connectivity index (χ1v) is 16.6. The van der Waals surface area contributed by atoms with Crippen LogP contribution in [-0.4, -0.2) is 9.38 Å². The van der Waals surface area contributed by atoms with Gasteiger partial charge < -0.3 is 0 Å². The molecular weight excluding hydrogens is 508 g/mol. The van der Waals surface area contributed by atoms with E-state index >= 15 is 0 Å². The van der Waals surface area contributed by atoms with Crippen LogP contribution in [-0.2, 0) is 0 Å². The Morgan fingerprint density at radius 3 is 1.76 bits per heavy atom. The van der Waals surface area contributed by atoms with Crippen LogP contribution in [0.5, 0.6) is 0 Å². The van der Waals surface area contributed by atoms with Gasteiger partial charge in [0.05, 0.1) is 17.4 Å². The highest BCUT2D eigenvalue weighted by Crippen LogP contribution is 2.50. The smallest absolute Gasteiger partial charge is 0.145 e. The largest absolute Gasteiger partial charge is 0.292 e. The molecule has 0 unspecified atom stereocenters. The molecule has 0 amide bonds. The second kappa shape index (κ2) is 11.0. The number of imidazole rings is 1. The van der Waals surface area contributed by atoms with E-state index in [2.05, 4.69) is 108 Å². The SMILES string of the molecule is C=Cc1c(C)c2ccccc2n2c(-c3c(C4CCC(C(C)(C)C)CC4)cccc3C3CCC(C(C)(C)C)CC3)cnc12. The first-order chi connectivity index (χ1) is 20.0. The van der Waals surface area contributed by atoms with Gasteiger partial charge in [0.25, 0.3) is 0 Å². The van der Waals surface area contributed by atoms with Crippen LogP contribution in [0.4, 0.5) is 0 Å². The maximum Gasteiger partial charge on any atom is 0.145 e. The third-order valence-corrected chi connectivity index (χ3v) is 11.3. The van der Waals surface area contributed by atoms with E-state index in [-0.39, 0.29) is 0 Å². The Morgan fingerprint density at radius 1 is 0.738 bits per heavy atom. The van der Waals surface area contributed by atoms with Gasteiger partial charge in [-0.15, -0.1) is 0 Å². The minimum atomic E-state index is 0.390. The summed E-state index contributed by atoms with van der Waals surface area (Å²) >= 11 is 0.